The van der Waals surface area contributed by atoms with Gasteiger partial charge in [-0.1, -0.05) is 24.3 Å². The molecule has 0 spiro atoms. The number of hydrogen-bond donors (Lipinski definition) is 1. The molecule has 0 aliphatic heterocycles. The zero-order valence-electron chi connectivity index (χ0n) is 8.62. The van der Waals surface area contributed by atoms with Gasteiger partial charge in [0.2, 0.25) is 0 Å². The largest absolute Gasteiger partial charge is 0.385 e. The second kappa shape index (κ2) is 4.15. The molecule has 0 saturated heterocycles. The average Bonchev–Trinajstić information content (AvgIpc) is 2.22. The lowest BCUT2D eigenvalue weighted by Gasteiger charge is -2.27. The number of rotatable bonds is 2. The summed E-state index contributed by atoms with van der Waals surface area (Å²) in [6.45, 7) is 0. The molecule has 0 saturated carbocycles. The summed E-state index contributed by atoms with van der Waals surface area (Å²) >= 11 is 0. The van der Waals surface area contributed by atoms with E-state index in [0.717, 1.165) is 24.8 Å². The highest BCUT2D eigenvalue weighted by Gasteiger charge is 2.25. The third-order valence-corrected chi connectivity index (χ3v) is 2.83. The fourth-order valence-corrected chi connectivity index (χ4v) is 2.02. The summed E-state index contributed by atoms with van der Waals surface area (Å²) in [5, 5.41) is 10.2. The summed E-state index contributed by atoms with van der Waals surface area (Å²) in [5.74, 6) is -0.232. The lowest BCUT2D eigenvalue weighted by atomic mass is 9.85. The Morgan fingerprint density at radius 3 is 2.60 bits per heavy atom. The van der Waals surface area contributed by atoms with Crippen molar-refractivity contribution in [3.05, 3.63) is 47.8 Å². The SMILES string of the molecule is OC1(Cc2ccc(F)cc2)C=CCCC1. The zero-order valence-corrected chi connectivity index (χ0v) is 8.62. The number of aliphatic hydroxyl groups is 1. The molecular formula is C13H15FO. The highest BCUT2D eigenvalue weighted by molar-refractivity contribution is 5.21. The van der Waals surface area contributed by atoms with E-state index < -0.39 is 5.60 Å². The quantitative estimate of drug-likeness (QED) is 0.738. The van der Waals surface area contributed by atoms with E-state index in [0.29, 0.717) is 6.42 Å². The molecule has 0 amide bonds. The van der Waals surface area contributed by atoms with Gasteiger partial charge in [-0.25, -0.2) is 4.39 Å². The molecule has 2 rings (SSSR count). The normalized spacial score (nSPS) is 25.5. The van der Waals surface area contributed by atoms with Gasteiger partial charge < -0.3 is 5.11 Å². The van der Waals surface area contributed by atoms with Gasteiger partial charge in [0.1, 0.15) is 5.82 Å². The standard InChI is InChI=1S/C13H15FO/c14-12-6-4-11(5-7-12)10-13(15)8-2-1-3-9-13/h2,4-8,15H,1,3,9-10H2. The maximum absolute atomic E-state index is 12.7. The highest BCUT2D eigenvalue weighted by atomic mass is 19.1. The summed E-state index contributed by atoms with van der Waals surface area (Å²) in [5.41, 5.74) is 0.251. The second-order valence-corrected chi connectivity index (χ2v) is 4.20. The summed E-state index contributed by atoms with van der Waals surface area (Å²) in [4.78, 5) is 0. The van der Waals surface area contributed by atoms with Gasteiger partial charge in [0.15, 0.2) is 0 Å². The van der Waals surface area contributed by atoms with Crippen LogP contribution in [0.1, 0.15) is 24.8 Å². The predicted molar refractivity (Wildman–Crippen MR) is 58.0 cm³/mol. The molecule has 1 aliphatic carbocycles. The van der Waals surface area contributed by atoms with Gasteiger partial charge in [0.05, 0.1) is 5.60 Å². The Balaban J connectivity index is 2.10. The van der Waals surface area contributed by atoms with Crippen LogP contribution in [0.25, 0.3) is 0 Å². The van der Waals surface area contributed by atoms with E-state index in [1.54, 1.807) is 12.1 Å². The maximum Gasteiger partial charge on any atom is 0.123 e. The Hall–Kier alpha value is -1.15. The van der Waals surface area contributed by atoms with Gasteiger partial charge in [-0.05, 0) is 37.0 Å². The molecule has 1 nitrogen and oxygen atoms in total. The Morgan fingerprint density at radius 1 is 1.27 bits per heavy atom. The summed E-state index contributed by atoms with van der Waals surface area (Å²) in [6, 6.07) is 6.34. The van der Waals surface area contributed by atoms with Crippen LogP contribution in [0, 0.1) is 5.82 Å². The first-order valence-electron chi connectivity index (χ1n) is 5.32. The van der Waals surface area contributed by atoms with E-state index >= 15 is 0 Å². The van der Waals surface area contributed by atoms with Crippen molar-refractivity contribution in [2.75, 3.05) is 0 Å². The van der Waals surface area contributed by atoms with Crippen molar-refractivity contribution in [2.45, 2.75) is 31.3 Å². The van der Waals surface area contributed by atoms with Crippen molar-refractivity contribution < 1.29 is 9.50 Å². The van der Waals surface area contributed by atoms with Crippen molar-refractivity contribution in [3.63, 3.8) is 0 Å². The fourth-order valence-electron chi connectivity index (χ4n) is 2.02. The molecule has 15 heavy (non-hydrogen) atoms. The number of benzene rings is 1. The second-order valence-electron chi connectivity index (χ2n) is 4.20. The minimum absolute atomic E-state index is 0.232. The first kappa shape index (κ1) is 10.4. The first-order valence-corrected chi connectivity index (χ1v) is 5.32. The molecule has 1 atom stereocenters. The summed E-state index contributed by atoms with van der Waals surface area (Å²) in [6.07, 6.45) is 7.33. The zero-order chi connectivity index (χ0) is 10.7. The van der Waals surface area contributed by atoms with Crippen LogP contribution in [-0.2, 0) is 6.42 Å². The predicted octanol–water partition coefficient (Wildman–Crippen LogP) is 2.84. The molecule has 1 aromatic carbocycles. The van der Waals surface area contributed by atoms with Crippen LogP contribution in [-0.4, -0.2) is 10.7 Å². The third kappa shape index (κ3) is 2.66. The van der Waals surface area contributed by atoms with Gasteiger partial charge >= 0.3 is 0 Å². The van der Waals surface area contributed by atoms with Crippen molar-refractivity contribution in [1.82, 2.24) is 0 Å². The lowest BCUT2D eigenvalue weighted by Crippen LogP contribution is -2.30. The maximum atomic E-state index is 12.7. The Morgan fingerprint density at radius 2 is 2.00 bits per heavy atom. The minimum atomic E-state index is -0.726. The molecule has 0 bridgehead atoms. The van der Waals surface area contributed by atoms with Crippen LogP contribution in [0.3, 0.4) is 0 Å². The van der Waals surface area contributed by atoms with Gasteiger partial charge in [0.25, 0.3) is 0 Å². The van der Waals surface area contributed by atoms with Gasteiger partial charge in [0, 0.05) is 6.42 Å². The van der Waals surface area contributed by atoms with Crippen LogP contribution in [0.2, 0.25) is 0 Å². The summed E-state index contributed by atoms with van der Waals surface area (Å²) in [7, 11) is 0. The molecule has 80 valence electrons. The molecular weight excluding hydrogens is 191 g/mol. The van der Waals surface area contributed by atoms with Crippen LogP contribution >= 0.6 is 0 Å². The van der Waals surface area contributed by atoms with E-state index in [9.17, 15) is 9.50 Å². The molecule has 0 aromatic heterocycles. The van der Waals surface area contributed by atoms with E-state index in [1.807, 2.05) is 12.2 Å². The molecule has 1 aromatic rings. The van der Waals surface area contributed by atoms with Gasteiger partial charge in [-0.3, -0.25) is 0 Å². The van der Waals surface area contributed by atoms with E-state index in [4.69, 9.17) is 0 Å². The highest BCUT2D eigenvalue weighted by Crippen LogP contribution is 2.25. The third-order valence-electron chi connectivity index (χ3n) is 2.83. The monoisotopic (exact) mass is 206 g/mol. The van der Waals surface area contributed by atoms with Crippen molar-refractivity contribution >= 4 is 0 Å². The smallest absolute Gasteiger partial charge is 0.123 e. The number of allylic oxidation sites excluding steroid dienone is 1. The Bertz CT molecular complexity index is 355. The molecule has 0 radical (unpaired) electrons. The Labute approximate surface area is 89.3 Å². The first-order chi connectivity index (χ1) is 7.18. The molecule has 1 N–H and O–H groups in total. The topological polar surface area (TPSA) is 20.2 Å². The summed E-state index contributed by atoms with van der Waals surface area (Å²) < 4.78 is 12.7. The van der Waals surface area contributed by atoms with Gasteiger partial charge in [-0.15, -0.1) is 0 Å². The molecule has 2 heteroatoms. The van der Waals surface area contributed by atoms with Crippen molar-refractivity contribution in [2.24, 2.45) is 0 Å². The molecule has 1 aliphatic rings. The van der Waals surface area contributed by atoms with Crippen LogP contribution in [0.5, 0.6) is 0 Å². The van der Waals surface area contributed by atoms with Crippen LogP contribution in [0.15, 0.2) is 36.4 Å². The minimum Gasteiger partial charge on any atom is -0.385 e. The van der Waals surface area contributed by atoms with Crippen molar-refractivity contribution in [1.29, 1.82) is 0 Å². The number of halogens is 1. The molecule has 1 unspecified atom stereocenters. The van der Waals surface area contributed by atoms with Crippen LogP contribution in [0.4, 0.5) is 4.39 Å². The fraction of sp³-hybridized carbons (Fsp3) is 0.385. The van der Waals surface area contributed by atoms with E-state index in [1.165, 1.54) is 12.1 Å². The molecule has 0 fully saturated rings. The average molecular weight is 206 g/mol. The molecule has 0 heterocycles. The van der Waals surface area contributed by atoms with Crippen molar-refractivity contribution in [3.8, 4) is 0 Å². The van der Waals surface area contributed by atoms with Crippen LogP contribution < -0.4 is 0 Å². The number of hydrogen-bond acceptors (Lipinski definition) is 1. The lowest BCUT2D eigenvalue weighted by molar-refractivity contribution is 0.0751. The van der Waals surface area contributed by atoms with E-state index in [-0.39, 0.29) is 5.82 Å². The van der Waals surface area contributed by atoms with Gasteiger partial charge in [-0.2, -0.15) is 0 Å². The van der Waals surface area contributed by atoms with E-state index in [2.05, 4.69) is 0 Å². The Kier molecular flexibility index (Phi) is 2.87.